The van der Waals surface area contributed by atoms with Crippen molar-refractivity contribution < 1.29 is 32.3 Å². The largest absolute Gasteiger partial charge is 0.490 e. The Balaban J connectivity index is 1.87. The molecule has 0 bridgehead atoms. The lowest BCUT2D eigenvalue weighted by atomic mass is 10.2. The predicted molar refractivity (Wildman–Crippen MR) is 89.5 cm³/mol. The molecule has 1 aromatic rings. The van der Waals surface area contributed by atoms with E-state index in [9.17, 15) is 27.6 Å². The molecule has 2 rings (SSSR count). The summed E-state index contributed by atoms with van der Waals surface area (Å²) in [7, 11) is 0. The second kappa shape index (κ2) is 8.21. The number of anilines is 1. The smallest absolute Gasteiger partial charge is 0.438 e. The van der Waals surface area contributed by atoms with Crippen LogP contribution in [0.4, 0.5) is 18.9 Å². The molecule has 1 atom stereocenters. The number of nitrogens with one attached hydrogen (secondary N) is 2. The highest BCUT2D eigenvalue weighted by Gasteiger charge is 2.41. The van der Waals surface area contributed by atoms with Crippen LogP contribution >= 0.6 is 0 Å². The second-order valence-corrected chi connectivity index (χ2v) is 5.88. The fraction of sp³-hybridized carbons (Fsp3) is 0.353. The number of hydrogen-bond donors (Lipinski definition) is 3. The van der Waals surface area contributed by atoms with Crippen molar-refractivity contribution in [2.24, 2.45) is 5.73 Å². The van der Waals surface area contributed by atoms with Crippen LogP contribution in [0.15, 0.2) is 35.5 Å². The van der Waals surface area contributed by atoms with Crippen molar-refractivity contribution in [3.05, 3.63) is 41.1 Å². The fourth-order valence-electron chi connectivity index (χ4n) is 2.36. The molecule has 27 heavy (non-hydrogen) atoms. The van der Waals surface area contributed by atoms with Gasteiger partial charge in [-0.25, -0.2) is 4.79 Å². The monoisotopic (exact) mass is 385 g/mol. The number of nitrogens with two attached hydrogens (primary N) is 1. The van der Waals surface area contributed by atoms with Gasteiger partial charge in [0.1, 0.15) is 0 Å². The highest BCUT2D eigenvalue weighted by molar-refractivity contribution is 5.99. The maximum absolute atomic E-state index is 12.1. The number of carbonyl (C=O) groups is 3. The lowest BCUT2D eigenvalue weighted by Crippen LogP contribution is -2.42. The number of rotatable bonds is 6. The van der Waals surface area contributed by atoms with Crippen molar-refractivity contribution >= 4 is 23.3 Å². The molecule has 0 saturated heterocycles. The van der Waals surface area contributed by atoms with Gasteiger partial charge in [-0.2, -0.15) is 13.2 Å². The van der Waals surface area contributed by atoms with E-state index in [1.54, 1.807) is 19.1 Å². The number of amides is 1. The summed E-state index contributed by atoms with van der Waals surface area (Å²) in [6, 6.07) is 6.25. The van der Waals surface area contributed by atoms with E-state index in [0.717, 1.165) is 5.70 Å². The van der Waals surface area contributed by atoms with Crippen molar-refractivity contribution in [1.29, 1.82) is 0 Å². The molecule has 4 N–H and O–H groups in total. The average molecular weight is 385 g/mol. The van der Waals surface area contributed by atoms with Gasteiger partial charge in [0.05, 0.1) is 6.54 Å². The number of ether oxygens (including phenoxy) is 1. The minimum absolute atomic E-state index is 0.0936. The molecule has 1 unspecified atom stereocenters. The van der Waals surface area contributed by atoms with Crippen molar-refractivity contribution in [2.45, 2.75) is 32.2 Å². The Morgan fingerprint density at radius 1 is 1.22 bits per heavy atom. The fourth-order valence-corrected chi connectivity index (χ4v) is 2.36. The number of esters is 1. The van der Waals surface area contributed by atoms with Crippen LogP contribution in [0, 0.1) is 0 Å². The first-order valence-corrected chi connectivity index (χ1v) is 7.99. The van der Waals surface area contributed by atoms with Gasteiger partial charge in [-0.15, -0.1) is 0 Å². The first-order valence-electron chi connectivity index (χ1n) is 7.99. The van der Waals surface area contributed by atoms with Crippen LogP contribution in [0.3, 0.4) is 0 Å². The predicted octanol–water partition coefficient (Wildman–Crippen LogP) is 1.86. The molecule has 0 aromatic heterocycles. The zero-order valence-electron chi connectivity index (χ0n) is 14.4. The molecule has 10 heteroatoms. The summed E-state index contributed by atoms with van der Waals surface area (Å²) in [6.07, 6.45) is -5.68. The zero-order chi connectivity index (χ0) is 20.2. The first kappa shape index (κ1) is 20.4. The Kier molecular flexibility index (Phi) is 6.21. The van der Waals surface area contributed by atoms with E-state index in [1.807, 2.05) is 0 Å². The Hall–Kier alpha value is -2.88. The maximum Gasteiger partial charge on any atom is 0.490 e. The van der Waals surface area contributed by atoms with E-state index < -0.39 is 30.8 Å². The molecule has 1 aliphatic rings. The number of halogens is 3. The number of hydrogen-bond acceptors (Lipinski definition) is 6. The minimum atomic E-state index is -5.15. The third kappa shape index (κ3) is 5.55. The van der Waals surface area contributed by atoms with E-state index in [2.05, 4.69) is 15.4 Å². The van der Waals surface area contributed by atoms with Gasteiger partial charge >= 0.3 is 12.1 Å². The number of Topliss-reactive ketones (excluding diaryl/α,β-unsaturated/α-hetero) is 1. The van der Waals surface area contributed by atoms with Crippen LogP contribution in [0.25, 0.3) is 0 Å². The molecule has 7 nitrogen and oxygen atoms in total. The van der Waals surface area contributed by atoms with Crippen LogP contribution in [-0.2, 0) is 14.3 Å². The number of carbonyl (C=O) groups excluding carboxylic acids is 3. The van der Waals surface area contributed by atoms with E-state index >= 15 is 0 Å². The standard InChI is InChI=1S/C17H18F3N3O4/c1-9-12(6-7-13(9)24)23-11-4-2-10(3-5-11)15(25)22-8-14(21)27-16(26)17(18,19)20/h2-5,14,23H,6-8,21H2,1H3,(H,22,25). The number of allylic oxidation sites excluding steroid dienone is 2. The van der Waals surface area contributed by atoms with Crippen molar-refractivity contribution in [2.75, 3.05) is 11.9 Å². The molecular weight excluding hydrogens is 367 g/mol. The van der Waals surface area contributed by atoms with Crippen LogP contribution in [-0.4, -0.2) is 36.6 Å². The molecule has 0 spiro atoms. The van der Waals surface area contributed by atoms with Crippen molar-refractivity contribution in [1.82, 2.24) is 5.32 Å². The normalized spacial score (nSPS) is 15.5. The lowest BCUT2D eigenvalue weighted by Gasteiger charge is -2.15. The Labute approximate surface area is 152 Å². The highest BCUT2D eigenvalue weighted by Crippen LogP contribution is 2.24. The van der Waals surface area contributed by atoms with Crippen LogP contribution in [0.1, 0.15) is 30.1 Å². The van der Waals surface area contributed by atoms with Gasteiger partial charge in [0.2, 0.25) is 0 Å². The minimum Gasteiger partial charge on any atom is -0.438 e. The van der Waals surface area contributed by atoms with E-state index in [0.29, 0.717) is 24.1 Å². The number of alkyl halides is 3. The molecule has 1 aromatic carbocycles. The number of ketones is 1. The van der Waals surface area contributed by atoms with E-state index in [4.69, 9.17) is 5.73 Å². The summed E-state index contributed by atoms with van der Waals surface area (Å²) in [5.74, 6) is -2.92. The summed E-state index contributed by atoms with van der Waals surface area (Å²) >= 11 is 0. The third-order valence-corrected chi connectivity index (χ3v) is 3.87. The molecule has 0 saturated carbocycles. The highest BCUT2D eigenvalue weighted by atomic mass is 19.4. The van der Waals surface area contributed by atoms with Gasteiger partial charge in [-0.1, -0.05) is 0 Å². The number of benzene rings is 1. The SMILES string of the molecule is CC1=C(Nc2ccc(C(=O)NCC(N)OC(=O)C(F)(F)F)cc2)CCC1=O. The lowest BCUT2D eigenvalue weighted by molar-refractivity contribution is -0.204. The summed E-state index contributed by atoms with van der Waals surface area (Å²) in [5.41, 5.74) is 7.67. The summed E-state index contributed by atoms with van der Waals surface area (Å²) in [6.45, 7) is 1.27. The molecule has 0 radical (unpaired) electrons. The van der Waals surface area contributed by atoms with Crippen LogP contribution in [0.5, 0.6) is 0 Å². The van der Waals surface area contributed by atoms with Gasteiger partial charge in [0.25, 0.3) is 5.91 Å². The molecule has 1 aliphatic carbocycles. The molecule has 0 fully saturated rings. The molecule has 146 valence electrons. The van der Waals surface area contributed by atoms with Gasteiger partial charge in [-0.05, 0) is 37.6 Å². The summed E-state index contributed by atoms with van der Waals surface area (Å²) in [4.78, 5) is 34.1. The van der Waals surface area contributed by atoms with Crippen molar-refractivity contribution in [3.8, 4) is 0 Å². The topological polar surface area (TPSA) is 111 Å². The molecular formula is C17H18F3N3O4. The van der Waals surface area contributed by atoms with Gasteiger partial charge in [0, 0.05) is 28.9 Å². The zero-order valence-corrected chi connectivity index (χ0v) is 14.4. The van der Waals surface area contributed by atoms with Crippen LogP contribution in [0.2, 0.25) is 0 Å². The Morgan fingerprint density at radius 2 is 1.85 bits per heavy atom. The van der Waals surface area contributed by atoms with Gasteiger partial charge < -0.3 is 15.4 Å². The van der Waals surface area contributed by atoms with Gasteiger partial charge in [-0.3, -0.25) is 15.3 Å². The molecule has 0 heterocycles. The Morgan fingerprint density at radius 3 is 2.37 bits per heavy atom. The molecule has 0 aliphatic heterocycles. The second-order valence-electron chi connectivity index (χ2n) is 5.88. The Bertz CT molecular complexity index is 773. The third-order valence-electron chi connectivity index (χ3n) is 3.87. The molecule has 1 amide bonds. The van der Waals surface area contributed by atoms with E-state index in [-0.39, 0.29) is 11.3 Å². The summed E-state index contributed by atoms with van der Waals surface area (Å²) < 4.78 is 40.1. The van der Waals surface area contributed by atoms with Crippen molar-refractivity contribution in [3.63, 3.8) is 0 Å². The van der Waals surface area contributed by atoms with Gasteiger partial charge in [0.15, 0.2) is 12.0 Å². The first-order chi connectivity index (χ1) is 12.6. The van der Waals surface area contributed by atoms with E-state index in [1.165, 1.54) is 12.1 Å². The maximum atomic E-state index is 12.1. The average Bonchev–Trinajstić information content (AvgIpc) is 2.91. The van der Waals surface area contributed by atoms with Crippen LogP contribution < -0.4 is 16.4 Å². The quantitative estimate of drug-likeness (QED) is 0.509. The summed E-state index contributed by atoms with van der Waals surface area (Å²) in [5, 5.41) is 5.39.